The summed E-state index contributed by atoms with van der Waals surface area (Å²) in [6.45, 7) is 0. The smallest absolute Gasteiger partial charge is 0.00139 e. The highest BCUT2D eigenvalue weighted by molar-refractivity contribution is 6.33. The van der Waals surface area contributed by atoms with E-state index in [9.17, 15) is 0 Å². The first-order chi connectivity index (χ1) is 35.7. The molecule has 0 saturated carbocycles. The molecular weight excluding hydrogens is 865 g/mol. The molecule has 0 saturated heterocycles. The van der Waals surface area contributed by atoms with Gasteiger partial charge in [-0.15, -0.1) is 0 Å². The summed E-state index contributed by atoms with van der Waals surface area (Å²) in [4.78, 5) is 0. The molecule has 0 atom stereocenters. The topological polar surface area (TPSA) is 0 Å². The number of rotatable bonds is 8. The molecule has 14 rings (SSSR count). The van der Waals surface area contributed by atoms with Crippen molar-refractivity contribution in [3.05, 3.63) is 279 Å². The maximum atomic E-state index is 2.48. The Morgan fingerprint density at radius 1 is 0.125 bits per heavy atom. The molecule has 0 spiro atoms. The Kier molecular flexibility index (Phi) is 9.96. The van der Waals surface area contributed by atoms with Crippen molar-refractivity contribution in [1.29, 1.82) is 0 Å². The van der Waals surface area contributed by atoms with E-state index in [2.05, 4.69) is 279 Å². The second-order valence-electron chi connectivity index (χ2n) is 19.0. The van der Waals surface area contributed by atoms with Crippen LogP contribution in [0.2, 0.25) is 0 Å². The Labute approximate surface area is 419 Å². The fourth-order valence-corrected chi connectivity index (χ4v) is 11.7. The Bertz CT molecular complexity index is 4020. The SMILES string of the molecule is c1ccc(-c2ccc(-c3cc(-c4ccc(-c5ccccc5)c5ccccc45)c4ccc5c(-c6ccc(-c7ccccc7)cc6)cc(-c6ccc(-c7ccccc7)c7ccccc67)c6ccc3c4c56)cc2)cc1. The monoisotopic (exact) mass is 910 g/mol. The molecule has 0 aliphatic carbocycles. The number of fused-ring (bicyclic) bond motifs is 2. The van der Waals surface area contributed by atoms with E-state index in [-0.39, 0.29) is 0 Å². The number of benzene rings is 14. The summed E-state index contributed by atoms with van der Waals surface area (Å²) < 4.78 is 0. The van der Waals surface area contributed by atoms with E-state index in [1.807, 2.05) is 0 Å². The standard InChI is InChI=1S/C72H46/c1-5-17-47(18-6-1)49-29-33-53(34-30-49)67-45-69(61-39-37-55(51-21-9-3-10-22-51)57-25-13-15-27-59(57)61)65-44-42-64-68(54-35-31-50(32-36-54)48-19-7-2-8-20-48)46-70(66-43-41-63(67)71(65)72(64)66)62-40-38-56(52-23-11-4-12-24-52)58-26-14-16-28-60(58)62/h1-46H. The lowest BCUT2D eigenvalue weighted by Gasteiger charge is -2.23. The minimum Gasteiger partial charge on any atom is -0.0622 e. The first kappa shape index (κ1) is 41.6. The average Bonchev–Trinajstić information content (AvgIpc) is 3.47. The van der Waals surface area contributed by atoms with Gasteiger partial charge in [0, 0.05) is 0 Å². The van der Waals surface area contributed by atoms with Crippen molar-refractivity contribution in [2.75, 3.05) is 0 Å². The van der Waals surface area contributed by atoms with Crippen LogP contribution >= 0.6 is 0 Å². The van der Waals surface area contributed by atoms with Gasteiger partial charge in [-0.2, -0.15) is 0 Å². The van der Waals surface area contributed by atoms with Gasteiger partial charge in [-0.25, -0.2) is 0 Å². The molecule has 0 aliphatic heterocycles. The predicted molar refractivity (Wildman–Crippen MR) is 309 cm³/mol. The van der Waals surface area contributed by atoms with Crippen LogP contribution in [0.15, 0.2) is 279 Å². The van der Waals surface area contributed by atoms with Gasteiger partial charge in [-0.3, -0.25) is 0 Å². The van der Waals surface area contributed by atoms with Gasteiger partial charge >= 0.3 is 0 Å². The van der Waals surface area contributed by atoms with Crippen LogP contribution in [0.3, 0.4) is 0 Å². The molecule has 0 amide bonds. The van der Waals surface area contributed by atoms with Gasteiger partial charge in [0.1, 0.15) is 0 Å². The predicted octanol–water partition coefficient (Wildman–Crippen LogP) is 20.2. The summed E-state index contributed by atoms with van der Waals surface area (Å²) in [5.74, 6) is 0. The van der Waals surface area contributed by atoms with Gasteiger partial charge in [0.25, 0.3) is 0 Å². The van der Waals surface area contributed by atoms with Crippen LogP contribution in [0.4, 0.5) is 0 Å². The van der Waals surface area contributed by atoms with Crippen LogP contribution < -0.4 is 0 Å². The molecule has 0 N–H and O–H groups in total. The zero-order valence-corrected chi connectivity index (χ0v) is 39.6. The third-order valence-electron chi connectivity index (χ3n) is 15.1. The average molecular weight is 911 g/mol. The first-order valence-corrected chi connectivity index (χ1v) is 25.0. The molecule has 14 aromatic rings. The van der Waals surface area contributed by atoms with E-state index in [0.717, 1.165) is 0 Å². The Morgan fingerprint density at radius 2 is 0.361 bits per heavy atom. The van der Waals surface area contributed by atoms with E-state index in [1.165, 1.54) is 143 Å². The van der Waals surface area contributed by atoms with Crippen LogP contribution in [0.1, 0.15) is 0 Å². The van der Waals surface area contributed by atoms with Crippen LogP contribution in [-0.2, 0) is 0 Å². The summed E-state index contributed by atoms with van der Waals surface area (Å²) >= 11 is 0. The highest BCUT2D eigenvalue weighted by Gasteiger charge is 2.23. The maximum Gasteiger partial charge on any atom is -0.00139 e. The molecule has 0 aromatic heterocycles. The molecule has 14 aromatic carbocycles. The molecule has 0 bridgehead atoms. The highest BCUT2D eigenvalue weighted by Crippen LogP contribution is 2.51. The molecular formula is C72H46. The van der Waals surface area contributed by atoms with Crippen LogP contribution in [-0.4, -0.2) is 0 Å². The van der Waals surface area contributed by atoms with Gasteiger partial charge in [0.15, 0.2) is 0 Å². The van der Waals surface area contributed by atoms with Gasteiger partial charge < -0.3 is 0 Å². The summed E-state index contributed by atoms with van der Waals surface area (Å²) in [7, 11) is 0. The van der Waals surface area contributed by atoms with Crippen molar-refractivity contribution < 1.29 is 0 Å². The molecule has 0 fully saturated rings. The fraction of sp³-hybridized carbons (Fsp3) is 0. The third-order valence-corrected chi connectivity index (χ3v) is 15.1. The van der Waals surface area contributed by atoms with Gasteiger partial charge in [-0.05, 0) is 155 Å². The van der Waals surface area contributed by atoms with Crippen LogP contribution in [0.5, 0.6) is 0 Å². The van der Waals surface area contributed by atoms with Crippen molar-refractivity contribution in [2.45, 2.75) is 0 Å². The lowest BCUT2D eigenvalue weighted by molar-refractivity contribution is 1.60. The lowest BCUT2D eigenvalue weighted by atomic mass is 9.80. The number of hydrogen-bond donors (Lipinski definition) is 0. The Balaban J connectivity index is 1.09. The minimum absolute atomic E-state index is 1.19. The van der Waals surface area contributed by atoms with Gasteiger partial charge in [0.2, 0.25) is 0 Å². The number of hydrogen-bond acceptors (Lipinski definition) is 0. The highest BCUT2D eigenvalue weighted by atomic mass is 14.3. The molecule has 72 heavy (non-hydrogen) atoms. The van der Waals surface area contributed by atoms with Crippen molar-refractivity contribution in [2.24, 2.45) is 0 Å². The zero-order valence-electron chi connectivity index (χ0n) is 39.6. The van der Waals surface area contributed by atoms with Gasteiger partial charge in [-0.1, -0.05) is 267 Å². The summed E-state index contributed by atoms with van der Waals surface area (Å²) in [6, 6.07) is 103. The van der Waals surface area contributed by atoms with E-state index in [1.54, 1.807) is 0 Å². The zero-order chi connectivity index (χ0) is 47.5. The second kappa shape index (κ2) is 17.2. The quantitative estimate of drug-likeness (QED) is 0.133. The third kappa shape index (κ3) is 6.91. The second-order valence-corrected chi connectivity index (χ2v) is 19.0. The molecule has 0 heteroatoms. The molecule has 0 unspecified atom stereocenters. The van der Waals surface area contributed by atoms with Crippen LogP contribution in [0.25, 0.3) is 143 Å². The summed E-state index contributed by atoms with van der Waals surface area (Å²) in [5.41, 5.74) is 19.5. The molecule has 0 radical (unpaired) electrons. The van der Waals surface area contributed by atoms with E-state index in [0.29, 0.717) is 0 Å². The summed E-state index contributed by atoms with van der Waals surface area (Å²) in [6.07, 6.45) is 0. The van der Waals surface area contributed by atoms with E-state index in [4.69, 9.17) is 0 Å². The molecule has 0 heterocycles. The van der Waals surface area contributed by atoms with Gasteiger partial charge in [0.05, 0.1) is 0 Å². The summed E-state index contributed by atoms with van der Waals surface area (Å²) in [5, 5.41) is 12.5. The fourth-order valence-electron chi connectivity index (χ4n) is 11.7. The van der Waals surface area contributed by atoms with Crippen molar-refractivity contribution in [3.8, 4) is 89.0 Å². The normalized spacial score (nSPS) is 11.6. The lowest BCUT2D eigenvalue weighted by Crippen LogP contribution is -1.95. The molecule has 0 aliphatic rings. The van der Waals surface area contributed by atoms with Crippen molar-refractivity contribution in [1.82, 2.24) is 0 Å². The van der Waals surface area contributed by atoms with Crippen molar-refractivity contribution in [3.63, 3.8) is 0 Å². The van der Waals surface area contributed by atoms with Crippen LogP contribution in [0, 0.1) is 0 Å². The Morgan fingerprint density at radius 3 is 0.708 bits per heavy atom. The van der Waals surface area contributed by atoms with Crippen molar-refractivity contribution >= 4 is 53.9 Å². The maximum absolute atomic E-state index is 2.48. The largest absolute Gasteiger partial charge is 0.0622 e. The first-order valence-electron chi connectivity index (χ1n) is 25.0. The molecule has 0 nitrogen and oxygen atoms in total. The van der Waals surface area contributed by atoms with E-state index >= 15 is 0 Å². The minimum atomic E-state index is 1.19. The van der Waals surface area contributed by atoms with E-state index < -0.39 is 0 Å². The Hall–Kier alpha value is -9.36. The molecule has 334 valence electrons.